The van der Waals surface area contributed by atoms with Gasteiger partial charge in [-0.2, -0.15) is 0 Å². The average molecular weight is 1190 g/mol. The lowest BCUT2D eigenvalue weighted by atomic mass is 9.88. The van der Waals surface area contributed by atoms with Gasteiger partial charge in [0.05, 0.1) is 51.3 Å². The van der Waals surface area contributed by atoms with E-state index in [0.29, 0.717) is 0 Å². The summed E-state index contributed by atoms with van der Waals surface area (Å²) in [6.45, 7) is -1.51. The van der Waals surface area contributed by atoms with Crippen LogP contribution in [0.5, 0.6) is 0 Å². The number of amides is 3. The van der Waals surface area contributed by atoms with Crippen molar-refractivity contribution in [2.45, 2.75) is 224 Å². The second-order valence-electron chi connectivity index (χ2n) is 20.4. The van der Waals surface area contributed by atoms with Crippen LogP contribution >= 0.6 is 0 Å². The quantitative estimate of drug-likeness (QED) is 0.0507. The molecule has 0 radical (unpaired) electrons. The number of aliphatic carboxylic acids is 1. The third-order valence-corrected chi connectivity index (χ3v) is 14.6. The molecule has 6 aliphatic rings. The lowest BCUT2D eigenvalue weighted by Gasteiger charge is -2.53. The number of carbonyl (C=O) groups excluding carboxylic acids is 3. The smallest absolute Gasteiger partial charge is 0.364 e. The molecule has 0 aromatic carbocycles. The third kappa shape index (κ3) is 14.5. The molecule has 21 N–H and O–H groups in total. The van der Waals surface area contributed by atoms with Crippen LogP contribution in [0.3, 0.4) is 0 Å². The van der Waals surface area contributed by atoms with Crippen LogP contribution in [0.1, 0.15) is 34.1 Å². The van der Waals surface area contributed by atoms with Crippen LogP contribution in [0.25, 0.3) is 0 Å². The number of nitrogens with one attached hydrogen (secondary N) is 3. The van der Waals surface area contributed by atoms with Crippen molar-refractivity contribution in [3.8, 4) is 0 Å². The molecule has 6 heterocycles. The van der Waals surface area contributed by atoms with Crippen molar-refractivity contribution < 1.29 is 163 Å². The van der Waals surface area contributed by atoms with Crippen LogP contribution in [0.15, 0.2) is 0 Å². The van der Waals surface area contributed by atoms with Crippen LogP contribution in [0, 0.1) is 0 Å². The van der Waals surface area contributed by atoms with Crippen LogP contribution in [0.4, 0.5) is 0 Å². The van der Waals surface area contributed by atoms with Gasteiger partial charge in [0.2, 0.25) is 17.7 Å². The minimum absolute atomic E-state index is 0.849. The van der Waals surface area contributed by atoms with Crippen molar-refractivity contribution in [2.75, 3.05) is 33.0 Å². The highest BCUT2D eigenvalue weighted by Crippen LogP contribution is 2.41. The molecule has 0 bridgehead atoms. The van der Waals surface area contributed by atoms with E-state index in [1.807, 2.05) is 0 Å². The number of carbonyl (C=O) groups is 4. The molecule has 6 fully saturated rings. The summed E-state index contributed by atoms with van der Waals surface area (Å²) < 4.78 is 64.5. The summed E-state index contributed by atoms with van der Waals surface area (Å²) in [5.74, 6) is -8.29. The molecule has 6 aliphatic heterocycles. The van der Waals surface area contributed by atoms with E-state index in [0.717, 1.165) is 20.8 Å². The Hall–Kier alpha value is -3.24. The molecular formula is C45H75N3O33. The Balaban J connectivity index is 1.45. The van der Waals surface area contributed by atoms with Crippen molar-refractivity contribution in [3.63, 3.8) is 0 Å². The van der Waals surface area contributed by atoms with E-state index in [-0.39, 0.29) is 0 Å². The Morgan fingerprint density at radius 3 is 1.53 bits per heavy atom. The number of rotatable bonds is 21. The monoisotopic (exact) mass is 1190 g/mol. The number of aliphatic hydroxyl groups is 17. The van der Waals surface area contributed by atoms with E-state index in [9.17, 15) is 111 Å². The number of hydrogen-bond acceptors (Lipinski definition) is 32. The van der Waals surface area contributed by atoms with E-state index in [1.54, 1.807) is 0 Å². The Kier molecular flexibility index (Phi) is 23.4. The highest BCUT2D eigenvalue weighted by Gasteiger charge is 2.62. The van der Waals surface area contributed by atoms with Gasteiger partial charge < -0.3 is 160 Å². The van der Waals surface area contributed by atoms with Crippen LogP contribution in [0.2, 0.25) is 0 Å². The zero-order valence-electron chi connectivity index (χ0n) is 43.7. The summed E-state index contributed by atoms with van der Waals surface area (Å²) in [7, 11) is 0. The minimum Gasteiger partial charge on any atom is -0.477 e. The summed E-state index contributed by atoms with van der Waals surface area (Å²) in [6.07, 6.45) is -56.8. The molecule has 6 saturated heterocycles. The Labute approximate surface area is 459 Å². The van der Waals surface area contributed by atoms with Gasteiger partial charge in [0, 0.05) is 27.2 Å². The molecule has 0 unspecified atom stereocenters. The lowest BCUT2D eigenvalue weighted by molar-refractivity contribution is -0.402. The zero-order chi connectivity index (χ0) is 60.3. The maximum absolute atomic E-state index is 13.6. The van der Waals surface area contributed by atoms with Crippen LogP contribution in [-0.4, -0.2) is 338 Å². The summed E-state index contributed by atoms with van der Waals surface area (Å²) in [4.78, 5) is 51.4. The molecule has 468 valence electrons. The summed E-state index contributed by atoms with van der Waals surface area (Å²) in [6, 6.07) is -5.52. The minimum atomic E-state index is -3.40. The van der Waals surface area contributed by atoms with Gasteiger partial charge in [-0.05, 0) is 6.92 Å². The second-order valence-corrected chi connectivity index (χ2v) is 20.4. The molecule has 36 heteroatoms. The van der Waals surface area contributed by atoms with E-state index in [2.05, 4.69) is 16.0 Å². The van der Waals surface area contributed by atoms with Gasteiger partial charge in [0.15, 0.2) is 31.5 Å². The predicted molar refractivity (Wildman–Crippen MR) is 250 cm³/mol. The fourth-order valence-corrected chi connectivity index (χ4v) is 10.3. The van der Waals surface area contributed by atoms with Gasteiger partial charge in [-0.1, -0.05) is 0 Å². The van der Waals surface area contributed by atoms with Crippen LogP contribution < -0.4 is 16.0 Å². The van der Waals surface area contributed by atoms with E-state index in [4.69, 9.17) is 52.1 Å². The topological polar surface area (TPSA) is 570 Å². The van der Waals surface area contributed by atoms with Gasteiger partial charge in [0.25, 0.3) is 5.79 Å². The second kappa shape index (κ2) is 28.3. The summed E-state index contributed by atoms with van der Waals surface area (Å²) >= 11 is 0. The fraction of sp³-hybridized carbons (Fsp3) is 0.911. The maximum Gasteiger partial charge on any atom is 0.364 e. The molecule has 0 saturated carbocycles. The number of hydrogen-bond donors (Lipinski definition) is 21. The van der Waals surface area contributed by atoms with Gasteiger partial charge in [-0.3, -0.25) is 14.4 Å². The van der Waals surface area contributed by atoms with Crippen molar-refractivity contribution >= 4 is 23.7 Å². The standard InChI is InChI=1S/C45H75N3O33/c1-11-24(59)29(64)31(66)41(71-11)79-38-30(65)26(61)17(7-50)74-43(38)78-35-23(48-14(4)56)40(73-19(9-52)28(35)63)76-33-20(10-53)75-42(77-34-22(47-13(3)55)39(68)72-18(8-51)27(34)62)32(67)37(33)81-45(44(69)70)5-15(57)21(46-12(2)54)36(80-45)25(60)16(58)6-49/h11,15-43,49-53,57-68H,5-10H2,1-4H3,(H,46,54)(H,47,55)(H,48,56)(H,69,70)/t11-,15-,16+,17+,18+,19+,20+,21+,22+,23+,24+,25+,26-,27-,28-,29+,30-,31-,32+,33-,34+,35+,36+,37+,38+,39-,40+,41-,42-,43-,45-/m0/s1. The maximum atomic E-state index is 13.6. The Morgan fingerprint density at radius 2 is 0.975 bits per heavy atom. The lowest BCUT2D eigenvalue weighted by Crippen LogP contribution is -2.72. The molecule has 0 spiro atoms. The molecule has 0 aliphatic carbocycles. The number of aliphatic hydroxyl groups excluding tert-OH is 17. The van der Waals surface area contributed by atoms with Gasteiger partial charge >= 0.3 is 5.97 Å². The molecule has 0 aromatic heterocycles. The zero-order valence-corrected chi connectivity index (χ0v) is 43.7. The summed E-state index contributed by atoms with van der Waals surface area (Å²) in [5, 5.41) is 203. The van der Waals surface area contributed by atoms with Gasteiger partial charge in [-0.25, -0.2) is 4.79 Å². The molecule has 36 nitrogen and oxygen atoms in total. The molecule has 31 atom stereocenters. The molecule has 6 rings (SSSR count). The van der Waals surface area contributed by atoms with Crippen LogP contribution in [-0.2, 0) is 71.3 Å². The van der Waals surface area contributed by atoms with Crippen molar-refractivity contribution in [1.82, 2.24) is 16.0 Å². The third-order valence-electron chi connectivity index (χ3n) is 14.6. The van der Waals surface area contributed by atoms with E-state index >= 15 is 0 Å². The normalized spacial score (nSPS) is 46.7. The highest BCUT2D eigenvalue weighted by atomic mass is 16.8. The number of carboxylic acid groups (broad SMARTS) is 1. The molecular weight excluding hydrogens is 1110 g/mol. The van der Waals surface area contributed by atoms with Crippen molar-refractivity contribution in [1.29, 1.82) is 0 Å². The molecule has 3 amide bonds. The van der Waals surface area contributed by atoms with Crippen molar-refractivity contribution in [2.24, 2.45) is 0 Å². The SMILES string of the molecule is CC(=O)N[C@@H]1[C@@H](O[C@@H]2O[C@H](CO)[C@H](O[C@H]3O[C@H](CO)[C@H](O)[C@H](O[C@@H]4O[C@H](CO)[C@H](O)[C@H](O)[C@H]4O[C@@H]4O[C@@H](C)[C@@H](O)[C@@H](O)[C@@H]4O)[C@H]3NC(C)=O)[C@H](O[C@]3(C(=O)O)C[C@H](O)[C@@H](NC(C)=O)[C@H]([C@H](O)[C@H](O)CO)O3)[C@H]2O)[C@@H](O)[C@@H](CO)O[C@@H]1O. The van der Waals surface area contributed by atoms with Crippen molar-refractivity contribution in [3.05, 3.63) is 0 Å². The largest absolute Gasteiger partial charge is 0.477 e. The van der Waals surface area contributed by atoms with Gasteiger partial charge in [0.1, 0.15) is 134 Å². The number of carboxylic acids is 1. The average Bonchev–Trinajstić information content (AvgIpc) is 3.62. The Morgan fingerprint density at radius 1 is 0.506 bits per heavy atom. The first kappa shape index (κ1) is 66.9. The first-order chi connectivity index (χ1) is 38.1. The first-order valence-electron chi connectivity index (χ1n) is 25.6. The fourth-order valence-electron chi connectivity index (χ4n) is 10.3. The summed E-state index contributed by atoms with van der Waals surface area (Å²) in [5.41, 5.74) is 0. The Bertz CT molecular complexity index is 2080. The number of ether oxygens (including phenoxy) is 11. The first-order valence-corrected chi connectivity index (χ1v) is 25.6. The van der Waals surface area contributed by atoms with E-state index < -0.39 is 253 Å². The highest BCUT2D eigenvalue weighted by molar-refractivity contribution is 5.77. The predicted octanol–water partition coefficient (Wildman–Crippen LogP) is -13.4. The van der Waals surface area contributed by atoms with E-state index in [1.165, 1.54) is 6.92 Å². The van der Waals surface area contributed by atoms with Gasteiger partial charge in [-0.15, -0.1) is 0 Å². The molecule has 81 heavy (non-hydrogen) atoms. The molecule has 0 aromatic rings.